The van der Waals surface area contributed by atoms with Crippen LogP contribution in [-0.2, 0) is 6.54 Å². The van der Waals surface area contributed by atoms with Gasteiger partial charge in [0.25, 0.3) is 0 Å². The van der Waals surface area contributed by atoms with E-state index in [1.807, 2.05) is 24.0 Å². The maximum atomic E-state index is 4.28. The number of hydrogen-bond acceptors (Lipinski definition) is 2. The Bertz CT molecular complexity index is 588. The van der Waals surface area contributed by atoms with Crippen LogP contribution < -0.4 is 10.6 Å². The van der Waals surface area contributed by atoms with Crippen molar-refractivity contribution in [2.75, 3.05) is 13.6 Å². The van der Waals surface area contributed by atoms with Crippen molar-refractivity contribution < 1.29 is 0 Å². The van der Waals surface area contributed by atoms with E-state index in [-0.39, 0.29) is 24.0 Å². The van der Waals surface area contributed by atoms with Gasteiger partial charge in [0.2, 0.25) is 0 Å². The highest BCUT2D eigenvalue weighted by Crippen LogP contribution is 2.08. The Kier molecular flexibility index (Phi) is 9.44. The molecular formula is C18H28IN5. The van der Waals surface area contributed by atoms with E-state index in [9.17, 15) is 0 Å². The van der Waals surface area contributed by atoms with Gasteiger partial charge in [-0.15, -0.1) is 24.0 Å². The molecule has 24 heavy (non-hydrogen) atoms. The Hall–Kier alpha value is -1.57. The fourth-order valence-electron chi connectivity index (χ4n) is 2.41. The third kappa shape index (κ3) is 6.14. The van der Waals surface area contributed by atoms with E-state index in [4.69, 9.17) is 0 Å². The Balaban J connectivity index is 0.00000288. The van der Waals surface area contributed by atoms with Crippen LogP contribution in [0.1, 0.15) is 32.3 Å². The first-order valence-corrected chi connectivity index (χ1v) is 8.30. The molecule has 0 spiro atoms. The number of hydrogen-bond donors (Lipinski definition) is 2. The highest BCUT2D eigenvalue weighted by atomic mass is 127. The van der Waals surface area contributed by atoms with Crippen molar-refractivity contribution in [3.05, 3.63) is 48.3 Å². The molecule has 0 amide bonds. The van der Waals surface area contributed by atoms with Gasteiger partial charge in [0, 0.05) is 32.5 Å². The van der Waals surface area contributed by atoms with Crippen molar-refractivity contribution in [2.45, 2.75) is 33.2 Å². The zero-order valence-electron chi connectivity index (χ0n) is 14.7. The van der Waals surface area contributed by atoms with E-state index in [1.165, 1.54) is 18.4 Å². The number of halogens is 1. The predicted octanol–water partition coefficient (Wildman–Crippen LogP) is 3.59. The lowest BCUT2D eigenvalue weighted by molar-refractivity contribution is 0.481. The third-order valence-electron chi connectivity index (χ3n) is 4.10. The normalized spacial score (nSPS) is 11.2. The van der Waals surface area contributed by atoms with Crippen LogP contribution in [0.3, 0.4) is 0 Å². The van der Waals surface area contributed by atoms with Crippen LogP contribution in [0.4, 0.5) is 0 Å². The summed E-state index contributed by atoms with van der Waals surface area (Å²) in [5, 5.41) is 11.0. The molecule has 0 fully saturated rings. The van der Waals surface area contributed by atoms with Gasteiger partial charge in [0.1, 0.15) is 0 Å². The van der Waals surface area contributed by atoms with Gasteiger partial charge in [-0.25, -0.2) is 4.68 Å². The van der Waals surface area contributed by atoms with Crippen LogP contribution in [0.25, 0.3) is 5.69 Å². The minimum atomic E-state index is 0. The Labute approximate surface area is 162 Å². The summed E-state index contributed by atoms with van der Waals surface area (Å²) in [6, 6.07) is 10.3. The second-order valence-electron chi connectivity index (χ2n) is 5.61. The van der Waals surface area contributed by atoms with E-state index in [0.29, 0.717) is 5.92 Å². The Morgan fingerprint density at radius 2 is 1.88 bits per heavy atom. The molecule has 6 heteroatoms. The molecule has 132 valence electrons. The zero-order chi connectivity index (χ0) is 16.5. The number of nitrogens with one attached hydrogen (secondary N) is 2. The molecule has 2 aromatic rings. The molecule has 5 nitrogen and oxygen atoms in total. The van der Waals surface area contributed by atoms with Crippen molar-refractivity contribution in [1.82, 2.24) is 20.4 Å². The second kappa shape index (κ2) is 11.1. The third-order valence-corrected chi connectivity index (χ3v) is 4.10. The monoisotopic (exact) mass is 441 g/mol. The number of aliphatic imine (C=N–C) groups is 1. The maximum Gasteiger partial charge on any atom is 0.191 e. The molecule has 0 radical (unpaired) electrons. The van der Waals surface area contributed by atoms with Crippen LogP contribution in [-0.4, -0.2) is 29.3 Å². The standard InChI is InChI=1S/C18H27N5.HI/c1-4-15(5-2)13-20-18(19-3)21-14-16-7-9-17(10-8-16)23-12-6-11-22-23;/h6-12,15H,4-5,13-14H2,1-3H3,(H2,19,20,21);1H. The van der Waals surface area contributed by atoms with E-state index in [2.05, 4.69) is 58.8 Å². The number of benzene rings is 1. The number of aromatic nitrogens is 2. The molecular weight excluding hydrogens is 413 g/mol. The molecule has 2 rings (SSSR count). The largest absolute Gasteiger partial charge is 0.356 e. The average Bonchev–Trinajstić information content (AvgIpc) is 3.13. The number of nitrogens with zero attached hydrogens (tertiary/aromatic N) is 3. The van der Waals surface area contributed by atoms with Gasteiger partial charge in [0.15, 0.2) is 5.96 Å². The SMILES string of the molecule is CCC(CC)CNC(=NC)NCc1ccc(-n2cccn2)cc1.I. The second-order valence-corrected chi connectivity index (χ2v) is 5.61. The summed E-state index contributed by atoms with van der Waals surface area (Å²) >= 11 is 0. The van der Waals surface area contributed by atoms with Crippen molar-refractivity contribution in [1.29, 1.82) is 0 Å². The van der Waals surface area contributed by atoms with Gasteiger partial charge in [0.05, 0.1) is 5.69 Å². The van der Waals surface area contributed by atoms with Gasteiger partial charge in [-0.05, 0) is 29.7 Å². The minimum Gasteiger partial charge on any atom is -0.356 e. The zero-order valence-corrected chi connectivity index (χ0v) is 17.0. The first-order chi connectivity index (χ1) is 11.3. The molecule has 2 N–H and O–H groups in total. The summed E-state index contributed by atoms with van der Waals surface area (Å²) in [4.78, 5) is 4.28. The van der Waals surface area contributed by atoms with Crippen molar-refractivity contribution in [3.8, 4) is 5.69 Å². The molecule has 0 aliphatic heterocycles. The highest BCUT2D eigenvalue weighted by Gasteiger charge is 2.05. The minimum absolute atomic E-state index is 0. The van der Waals surface area contributed by atoms with Gasteiger partial charge < -0.3 is 10.6 Å². The summed E-state index contributed by atoms with van der Waals surface area (Å²) in [5.41, 5.74) is 2.28. The molecule has 1 aromatic heterocycles. The lowest BCUT2D eigenvalue weighted by Gasteiger charge is -2.16. The first-order valence-electron chi connectivity index (χ1n) is 8.30. The molecule has 0 unspecified atom stereocenters. The highest BCUT2D eigenvalue weighted by molar-refractivity contribution is 14.0. The van der Waals surface area contributed by atoms with E-state index in [0.717, 1.165) is 24.7 Å². The topological polar surface area (TPSA) is 54.2 Å². The molecule has 1 aromatic carbocycles. The van der Waals surface area contributed by atoms with Gasteiger partial charge in [-0.3, -0.25) is 4.99 Å². The smallest absolute Gasteiger partial charge is 0.191 e. The lowest BCUT2D eigenvalue weighted by atomic mass is 10.0. The van der Waals surface area contributed by atoms with E-state index >= 15 is 0 Å². The summed E-state index contributed by atoms with van der Waals surface area (Å²) < 4.78 is 1.85. The van der Waals surface area contributed by atoms with E-state index < -0.39 is 0 Å². The van der Waals surface area contributed by atoms with Crippen LogP contribution in [0.2, 0.25) is 0 Å². The van der Waals surface area contributed by atoms with Gasteiger partial charge in [-0.2, -0.15) is 5.10 Å². The number of guanidine groups is 1. The predicted molar refractivity (Wildman–Crippen MR) is 111 cm³/mol. The molecule has 0 aliphatic rings. The van der Waals surface area contributed by atoms with Crippen molar-refractivity contribution in [2.24, 2.45) is 10.9 Å². The summed E-state index contributed by atoms with van der Waals surface area (Å²) in [6.07, 6.45) is 6.10. The van der Waals surface area contributed by atoms with Gasteiger partial charge >= 0.3 is 0 Å². The van der Waals surface area contributed by atoms with Crippen molar-refractivity contribution >= 4 is 29.9 Å². The lowest BCUT2D eigenvalue weighted by Crippen LogP contribution is -2.39. The maximum absolute atomic E-state index is 4.28. The van der Waals surface area contributed by atoms with Crippen LogP contribution in [0.5, 0.6) is 0 Å². The average molecular weight is 441 g/mol. The van der Waals surface area contributed by atoms with Crippen LogP contribution >= 0.6 is 24.0 Å². The summed E-state index contributed by atoms with van der Waals surface area (Å²) in [5.74, 6) is 1.55. The molecule has 0 atom stereocenters. The summed E-state index contributed by atoms with van der Waals surface area (Å²) in [6.45, 7) is 6.17. The molecule has 1 heterocycles. The fourth-order valence-corrected chi connectivity index (χ4v) is 2.41. The molecule has 0 aliphatic carbocycles. The fraction of sp³-hybridized carbons (Fsp3) is 0.444. The Morgan fingerprint density at radius 1 is 1.17 bits per heavy atom. The van der Waals surface area contributed by atoms with Crippen LogP contribution in [0.15, 0.2) is 47.7 Å². The van der Waals surface area contributed by atoms with Gasteiger partial charge in [-0.1, -0.05) is 38.8 Å². The quantitative estimate of drug-likeness (QED) is 0.392. The number of rotatable bonds is 7. The molecule has 0 saturated carbocycles. The Morgan fingerprint density at radius 3 is 2.42 bits per heavy atom. The van der Waals surface area contributed by atoms with Crippen LogP contribution in [0, 0.1) is 5.92 Å². The summed E-state index contributed by atoms with van der Waals surface area (Å²) in [7, 11) is 1.81. The van der Waals surface area contributed by atoms with E-state index in [1.54, 1.807) is 6.20 Å². The molecule has 0 bridgehead atoms. The van der Waals surface area contributed by atoms with Crippen molar-refractivity contribution in [3.63, 3.8) is 0 Å². The molecule has 0 saturated heterocycles. The first kappa shape index (κ1) is 20.5.